The highest BCUT2D eigenvalue weighted by atomic mass is 16.5. The van der Waals surface area contributed by atoms with Crippen molar-refractivity contribution in [3.8, 4) is 5.75 Å². The van der Waals surface area contributed by atoms with Crippen LogP contribution in [-0.2, 0) is 0 Å². The van der Waals surface area contributed by atoms with E-state index in [-0.39, 0.29) is 0 Å². The molecule has 1 aromatic carbocycles. The highest BCUT2D eigenvalue weighted by molar-refractivity contribution is 5.44. The molecule has 1 heterocycles. The summed E-state index contributed by atoms with van der Waals surface area (Å²) in [6, 6.07) is 6.61. The molecule has 2 heteroatoms. The van der Waals surface area contributed by atoms with E-state index in [4.69, 9.17) is 4.74 Å². The fourth-order valence-electron chi connectivity index (χ4n) is 3.15. The Morgan fingerprint density at radius 2 is 1.62 bits per heavy atom. The van der Waals surface area contributed by atoms with Gasteiger partial charge >= 0.3 is 0 Å². The lowest BCUT2D eigenvalue weighted by molar-refractivity contribution is 0.247. The molecular formula is C19H31NO. The van der Waals surface area contributed by atoms with Gasteiger partial charge in [-0.05, 0) is 61.2 Å². The van der Waals surface area contributed by atoms with Crippen molar-refractivity contribution in [2.75, 3.05) is 19.7 Å². The van der Waals surface area contributed by atoms with Crippen LogP contribution >= 0.6 is 0 Å². The first-order valence-electron chi connectivity index (χ1n) is 8.56. The van der Waals surface area contributed by atoms with Gasteiger partial charge in [0.25, 0.3) is 0 Å². The second-order valence-corrected chi connectivity index (χ2v) is 6.91. The predicted octanol–water partition coefficient (Wildman–Crippen LogP) is 4.70. The summed E-state index contributed by atoms with van der Waals surface area (Å²) >= 11 is 0. The van der Waals surface area contributed by atoms with Gasteiger partial charge in [-0.25, -0.2) is 0 Å². The van der Waals surface area contributed by atoms with E-state index >= 15 is 0 Å². The maximum absolute atomic E-state index is 6.27. The molecule has 118 valence electrons. The van der Waals surface area contributed by atoms with Crippen LogP contribution in [0.15, 0.2) is 18.2 Å². The van der Waals surface area contributed by atoms with E-state index in [2.05, 4.69) is 51.2 Å². The summed E-state index contributed by atoms with van der Waals surface area (Å²) in [7, 11) is 0. The van der Waals surface area contributed by atoms with Crippen molar-refractivity contribution in [1.29, 1.82) is 0 Å². The summed E-state index contributed by atoms with van der Waals surface area (Å²) in [6.07, 6.45) is 3.78. The van der Waals surface area contributed by atoms with Gasteiger partial charge in [-0.2, -0.15) is 0 Å². The zero-order valence-corrected chi connectivity index (χ0v) is 14.1. The first-order valence-corrected chi connectivity index (χ1v) is 8.56. The summed E-state index contributed by atoms with van der Waals surface area (Å²) in [5.74, 6) is 3.01. The molecule has 0 saturated carbocycles. The molecule has 1 N–H and O–H groups in total. The maximum Gasteiger partial charge on any atom is 0.126 e. The standard InChI is InChI=1S/C19H31NO/c1-14(2)17-6-5-7-18(15(3)4)19(17)21-13-10-16-8-11-20-12-9-16/h5-7,14-16,20H,8-13H2,1-4H3. The quantitative estimate of drug-likeness (QED) is 0.819. The monoisotopic (exact) mass is 289 g/mol. The molecule has 0 amide bonds. The predicted molar refractivity (Wildman–Crippen MR) is 90.3 cm³/mol. The van der Waals surface area contributed by atoms with Crippen molar-refractivity contribution < 1.29 is 4.74 Å². The molecule has 1 saturated heterocycles. The van der Waals surface area contributed by atoms with Crippen LogP contribution < -0.4 is 10.1 Å². The van der Waals surface area contributed by atoms with Crippen molar-refractivity contribution in [3.63, 3.8) is 0 Å². The number of para-hydroxylation sites is 1. The van der Waals surface area contributed by atoms with Crippen molar-refractivity contribution >= 4 is 0 Å². The van der Waals surface area contributed by atoms with Gasteiger partial charge in [0.1, 0.15) is 5.75 Å². The Balaban J connectivity index is 2.02. The molecule has 1 aliphatic rings. The Bertz CT molecular complexity index is 407. The molecule has 0 radical (unpaired) electrons. The molecule has 21 heavy (non-hydrogen) atoms. The lowest BCUT2D eigenvalue weighted by Gasteiger charge is -2.24. The average molecular weight is 289 g/mol. The SMILES string of the molecule is CC(C)c1cccc(C(C)C)c1OCCC1CCNCC1. The van der Waals surface area contributed by atoms with Crippen molar-refractivity contribution in [1.82, 2.24) is 5.32 Å². The van der Waals surface area contributed by atoms with E-state index in [0.29, 0.717) is 11.8 Å². The second kappa shape index (κ2) is 7.84. The van der Waals surface area contributed by atoms with E-state index < -0.39 is 0 Å². The van der Waals surface area contributed by atoms with Gasteiger partial charge in [-0.1, -0.05) is 45.9 Å². The Labute approximate surface area is 130 Å². The average Bonchev–Trinajstić information content (AvgIpc) is 2.48. The smallest absolute Gasteiger partial charge is 0.126 e. The van der Waals surface area contributed by atoms with Crippen LogP contribution in [0.5, 0.6) is 5.75 Å². The summed E-state index contributed by atoms with van der Waals surface area (Å²) < 4.78 is 6.27. The number of rotatable bonds is 6. The van der Waals surface area contributed by atoms with Crippen molar-refractivity contribution in [3.05, 3.63) is 29.3 Å². The Kier molecular flexibility index (Phi) is 6.10. The Morgan fingerprint density at radius 1 is 1.05 bits per heavy atom. The number of piperidine rings is 1. The van der Waals surface area contributed by atoms with E-state index in [1.807, 2.05) is 0 Å². The zero-order valence-electron chi connectivity index (χ0n) is 14.1. The molecule has 0 unspecified atom stereocenters. The van der Waals surface area contributed by atoms with Crippen LogP contribution in [0.4, 0.5) is 0 Å². The molecular weight excluding hydrogens is 258 g/mol. The van der Waals surface area contributed by atoms with E-state index in [9.17, 15) is 0 Å². The summed E-state index contributed by atoms with van der Waals surface area (Å²) in [4.78, 5) is 0. The minimum Gasteiger partial charge on any atom is -0.493 e. The maximum atomic E-state index is 6.27. The number of benzene rings is 1. The first kappa shape index (κ1) is 16.4. The lowest BCUT2D eigenvalue weighted by atomic mass is 9.93. The van der Waals surface area contributed by atoms with Gasteiger partial charge in [0.15, 0.2) is 0 Å². The van der Waals surface area contributed by atoms with Crippen molar-refractivity contribution in [2.45, 2.75) is 58.8 Å². The normalized spacial score (nSPS) is 16.7. The molecule has 0 bridgehead atoms. The van der Waals surface area contributed by atoms with Crippen LogP contribution in [0.1, 0.15) is 69.9 Å². The molecule has 2 rings (SSSR count). The van der Waals surface area contributed by atoms with Crippen molar-refractivity contribution in [2.24, 2.45) is 5.92 Å². The summed E-state index contributed by atoms with van der Waals surface area (Å²) in [5.41, 5.74) is 2.71. The highest BCUT2D eigenvalue weighted by Gasteiger charge is 2.17. The fraction of sp³-hybridized carbons (Fsp3) is 0.684. The third-order valence-electron chi connectivity index (χ3n) is 4.55. The van der Waals surface area contributed by atoms with Crippen LogP contribution in [-0.4, -0.2) is 19.7 Å². The van der Waals surface area contributed by atoms with E-state index in [1.54, 1.807) is 0 Å². The molecule has 1 fully saturated rings. The minimum atomic E-state index is 0.512. The largest absolute Gasteiger partial charge is 0.493 e. The van der Waals surface area contributed by atoms with Gasteiger partial charge in [0.05, 0.1) is 6.61 Å². The third-order valence-corrected chi connectivity index (χ3v) is 4.55. The van der Waals surface area contributed by atoms with Gasteiger partial charge < -0.3 is 10.1 Å². The second-order valence-electron chi connectivity index (χ2n) is 6.91. The van der Waals surface area contributed by atoms with Crippen LogP contribution in [0, 0.1) is 5.92 Å². The Morgan fingerprint density at radius 3 is 2.14 bits per heavy atom. The first-order chi connectivity index (χ1) is 10.1. The molecule has 1 aromatic rings. The number of ether oxygens (including phenoxy) is 1. The molecule has 0 aliphatic carbocycles. The highest BCUT2D eigenvalue weighted by Crippen LogP contribution is 2.34. The molecule has 1 aliphatic heterocycles. The minimum absolute atomic E-state index is 0.512. The van der Waals surface area contributed by atoms with Gasteiger partial charge in [0, 0.05) is 0 Å². The van der Waals surface area contributed by atoms with Crippen LogP contribution in [0.25, 0.3) is 0 Å². The molecule has 0 spiro atoms. The lowest BCUT2D eigenvalue weighted by Crippen LogP contribution is -2.28. The van der Waals surface area contributed by atoms with Gasteiger partial charge in [-0.3, -0.25) is 0 Å². The number of hydrogen-bond donors (Lipinski definition) is 1. The number of nitrogens with one attached hydrogen (secondary N) is 1. The summed E-state index contributed by atoms with van der Waals surface area (Å²) in [5, 5.41) is 3.43. The third kappa shape index (κ3) is 4.47. The zero-order chi connectivity index (χ0) is 15.2. The molecule has 2 nitrogen and oxygen atoms in total. The van der Waals surface area contributed by atoms with Crippen LogP contribution in [0.3, 0.4) is 0 Å². The van der Waals surface area contributed by atoms with Gasteiger partial charge in [-0.15, -0.1) is 0 Å². The van der Waals surface area contributed by atoms with Gasteiger partial charge in [0.2, 0.25) is 0 Å². The van der Waals surface area contributed by atoms with E-state index in [1.165, 1.54) is 43.5 Å². The molecule has 0 aromatic heterocycles. The topological polar surface area (TPSA) is 21.3 Å². The van der Waals surface area contributed by atoms with E-state index in [0.717, 1.165) is 18.3 Å². The van der Waals surface area contributed by atoms with Crippen LogP contribution in [0.2, 0.25) is 0 Å². The Hall–Kier alpha value is -1.02. The molecule has 0 atom stereocenters. The summed E-state index contributed by atoms with van der Waals surface area (Å²) in [6.45, 7) is 12.2. The fourth-order valence-corrected chi connectivity index (χ4v) is 3.15. The number of hydrogen-bond acceptors (Lipinski definition) is 2.